The zero-order valence-electron chi connectivity index (χ0n) is 6.52. The van der Waals surface area contributed by atoms with Crippen molar-refractivity contribution in [3.63, 3.8) is 0 Å². The number of unbranched alkanes of at least 4 members (excludes halogenated alkanes) is 2. The highest BCUT2D eigenvalue weighted by atomic mass is 16.5. The van der Waals surface area contributed by atoms with Crippen molar-refractivity contribution in [1.29, 1.82) is 0 Å². The van der Waals surface area contributed by atoms with E-state index in [9.17, 15) is 0 Å². The van der Waals surface area contributed by atoms with Crippen LogP contribution in [-0.4, -0.2) is 13.2 Å². The Bertz CT molecular complexity index is 37.8. The van der Waals surface area contributed by atoms with Crippen molar-refractivity contribution in [1.82, 2.24) is 0 Å². The van der Waals surface area contributed by atoms with E-state index in [1.807, 2.05) is 0 Å². The van der Waals surface area contributed by atoms with Crippen molar-refractivity contribution in [3.05, 3.63) is 6.42 Å². The molecule has 0 aliphatic carbocycles. The molecule has 0 fully saturated rings. The Kier molecular flexibility index (Phi) is 7.92. The minimum Gasteiger partial charge on any atom is -0.381 e. The molecule has 55 valence electrons. The van der Waals surface area contributed by atoms with Gasteiger partial charge in [0.15, 0.2) is 0 Å². The van der Waals surface area contributed by atoms with Crippen LogP contribution in [0.2, 0.25) is 0 Å². The first-order chi connectivity index (χ1) is 4.41. The van der Waals surface area contributed by atoms with E-state index in [0.29, 0.717) is 0 Å². The molecule has 9 heavy (non-hydrogen) atoms. The standard InChI is InChI=1S/C8H17O/c1-3-5-7-9-8-6-4-2/h5H,3-4,6-8H2,1-2H3. The van der Waals surface area contributed by atoms with Crippen molar-refractivity contribution in [2.24, 2.45) is 0 Å². The van der Waals surface area contributed by atoms with E-state index >= 15 is 0 Å². The molecule has 0 N–H and O–H groups in total. The highest BCUT2D eigenvalue weighted by molar-refractivity contribution is 4.57. The summed E-state index contributed by atoms with van der Waals surface area (Å²) in [6.45, 7) is 6.06. The Morgan fingerprint density at radius 3 is 2.67 bits per heavy atom. The van der Waals surface area contributed by atoms with Crippen LogP contribution in [0.15, 0.2) is 0 Å². The molecule has 0 rings (SSSR count). The molecule has 0 saturated carbocycles. The molecular weight excluding hydrogens is 112 g/mol. The molecule has 0 heterocycles. The lowest BCUT2D eigenvalue weighted by Gasteiger charge is -1.99. The van der Waals surface area contributed by atoms with E-state index in [1.54, 1.807) is 0 Å². The molecule has 0 saturated heterocycles. The first-order valence-electron chi connectivity index (χ1n) is 3.81. The SMILES string of the molecule is CC[CH]COCCCC. The van der Waals surface area contributed by atoms with Gasteiger partial charge < -0.3 is 4.74 Å². The summed E-state index contributed by atoms with van der Waals surface area (Å²) >= 11 is 0. The zero-order chi connectivity index (χ0) is 6.95. The summed E-state index contributed by atoms with van der Waals surface area (Å²) in [5, 5.41) is 0. The largest absolute Gasteiger partial charge is 0.381 e. The van der Waals surface area contributed by atoms with Crippen LogP contribution >= 0.6 is 0 Å². The molecule has 0 aliphatic rings. The fraction of sp³-hybridized carbons (Fsp3) is 0.875. The van der Waals surface area contributed by atoms with Crippen LogP contribution in [0.3, 0.4) is 0 Å². The smallest absolute Gasteiger partial charge is 0.0497 e. The Balaban J connectivity index is 2.60. The second kappa shape index (κ2) is 7.96. The fourth-order valence-corrected chi connectivity index (χ4v) is 0.531. The quantitative estimate of drug-likeness (QED) is 0.500. The van der Waals surface area contributed by atoms with Crippen molar-refractivity contribution in [2.75, 3.05) is 13.2 Å². The first kappa shape index (κ1) is 8.96. The van der Waals surface area contributed by atoms with Gasteiger partial charge in [-0.1, -0.05) is 26.7 Å². The third kappa shape index (κ3) is 7.96. The summed E-state index contributed by atoms with van der Waals surface area (Å²) in [5.41, 5.74) is 0. The molecule has 0 amide bonds. The molecule has 0 unspecified atom stereocenters. The van der Waals surface area contributed by atoms with Crippen molar-refractivity contribution in [2.45, 2.75) is 33.1 Å². The predicted octanol–water partition coefficient (Wildman–Crippen LogP) is 2.42. The Morgan fingerprint density at radius 1 is 1.33 bits per heavy atom. The normalized spacial score (nSPS) is 10.0. The van der Waals surface area contributed by atoms with Crippen LogP contribution < -0.4 is 0 Å². The summed E-state index contributed by atoms with van der Waals surface area (Å²) in [7, 11) is 0. The van der Waals surface area contributed by atoms with E-state index < -0.39 is 0 Å². The maximum Gasteiger partial charge on any atom is 0.0497 e. The minimum absolute atomic E-state index is 0.830. The Labute approximate surface area is 58.4 Å². The van der Waals surface area contributed by atoms with Crippen LogP contribution in [0.4, 0.5) is 0 Å². The van der Waals surface area contributed by atoms with E-state index in [2.05, 4.69) is 20.3 Å². The van der Waals surface area contributed by atoms with Gasteiger partial charge in [-0.2, -0.15) is 0 Å². The van der Waals surface area contributed by atoms with E-state index in [0.717, 1.165) is 19.6 Å². The monoisotopic (exact) mass is 129 g/mol. The second-order valence-corrected chi connectivity index (χ2v) is 2.13. The number of rotatable bonds is 6. The van der Waals surface area contributed by atoms with Crippen LogP contribution in [0.1, 0.15) is 33.1 Å². The molecule has 0 aromatic heterocycles. The Morgan fingerprint density at radius 2 is 2.11 bits per heavy atom. The number of hydrogen-bond acceptors (Lipinski definition) is 1. The summed E-state index contributed by atoms with van der Waals surface area (Å²) in [4.78, 5) is 0. The van der Waals surface area contributed by atoms with Crippen LogP contribution in [0.25, 0.3) is 0 Å². The van der Waals surface area contributed by atoms with Crippen LogP contribution in [0.5, 0.6) is 0 Å². The van der Waals surface area contributed by atoms with Gasteiger partial charge >= 0.3 is 0 Å². The average molecular weight is 129 g/mol. The lowest BCUT2D eigenvalue weighted by molar-refractivity contribution is 0.149. The molecule has 0 spiro atoms. The van der Waals surface area contributed by atoms with Gasteiger partial charge in [-0.25, -0.2) is 0 Å². The highest BCUT2D eigenvalue weighted by Crippen LogP contribution is 1.90. The van der Waals surface area contributed by atoms with Gasteiger partial charge in [-0.3, -0.25) is 0 Å². The van der Waals surface area contributed by atoms with E-state index in [1.165, 1.54) is 12.8 Å². The zero-order valence-corrected chi connectivity index (χ0v) is 6.52. The molecule has 0 atom stereocenters. The van der Waals surface area contributed by atoms with E-state index in [4.69, 9.17) is 4.74 Å². The van der Waals surface area contributed by atoms with Crippen LogP contribution in [0, 0.1) is 6.42 Å². The van der Waals surface area contributed by atoms with Gasteiger partial charge in [0.05, 0.1) is 0 Å². The third-order valence-electron chi connectivity index (χ3n) is 1.17. The van der Waals surface area contributed by atoms with Crippen molar-refractivity contribution < 1.29 is 4.74 Å². The molecule has 1 radical (unpaired) electrons. The molecule has 0 aromatic rings. The molecular formula is C8H17O. The molecule has 1 heteroatoms. The number of ether oxygens (including phenoxy) is 1. The molecule has 1 nitrogen and oxygen atoms in total. The van der Waals surface area contributed by atoms with Gasteiger partial charge in [0.2, 0.25) is 0 Å². The molecule has 0 aromatic carbocycles. The lowest BCUT2D eigenvalue weighted by atomic mass is 10.3. The first-order valence-corrected chi connectivity index (χ1v) is 3.81. The minimum atomic E-state index is 0.830. The molecule has 0 bridgehead atoms. The van der Waals surface area contributed by atoms with Gasteiger partial charge in [0.1, 0.15) is 0 Å². The molecule has 0 aliphatic heterocycles. The Hall–Kier alpha value is -0.0400. The second-order valence-electron chi connectivity index (χ2n) is 2.13. The van der Waals surface area contributed by atoms with Gasteiger partial charge in [-0.05, 0) is 12.8 Å². The predicted molar refractivity (Wildman–Crippen MR) is 40.3 cm³/mol. The van der Waals surface area contributed by atoms with E-state index in [-0.39, 0.29) is 0 Å². The van der Waals surface area contributed by atoms with Crippen molar-refractivity contribution >= 4 is 0 Å². The van der Waals surface area contributed by atoms with Gasteiger partial charge in [0, 0.05) is 13.2 Å². The summed E-state index contributed by atoms with van der Waals surface area (Å²) < 4.78 is 5.26. The summed E-state index contributed by atoms with van der Waals surface area (Å²) in [6.07, 6.45) is 5.69. The highest BCUT2D eigenvalue weighted by Gasteiger charge is 1.84. The maximum atomic E-state index is 5.26. The lowest BCUT2D eigenvalue weighted by Crippen LogP contribution is -1.95. The van der Waals surface area contributed by atoms with Crippen molar-refractivity contribution in [3.8, 4) is 0 Å². The number of hydrogen-bond donors (Lipinski definition) is 0. The van der Waals surface area contributed by atoms with Crippen LogP contribution in [-0.2, 0) is 4.74 Å². The fourth-order valence-electron chi connectivity index (χ4n) is 0.531. The third-order valence-corrected chi connectivity index (χ3v) is 1.17. The average Bonchev–Trinajstić information content (AvgIpc) is 1.89. The topological polar surface area (TPSA) is 9.23 Å². The maximum absolute atomic E-state index is 5.26. The van der Waals surface area contributed by atoms with Gasteiger partial charge in [0.25, 0.3) is 0 Å². The summed E-state index contributed by atoms with van der Waals surface area (Å²) in [6, 6.07) is 0. The van der Waals surface area contributed by atoms with Gasteiger partial charge in [-0.15, -0.1) is 0 Å². The summed E-state index contributed by atoms with van der Waals surface area (Å²) in [5.74, 6) is 0.